The van der Waals surface area contributed by atoms with E-state index in [1.54, 1.807) is 4.58 Å². The van der Waals surface area contributed by atoms with Gasteiger partial charge < -0.3 is 18.9 Å². The van der Waals surface area contributed by atoms with Crippen molar-refractivity contribution in [3.63, 3.8) is 0 Å². The van der Waals surface area contributed by atoms with Crippen LogP contribution in [0, 0.1) is 6.92 Å². The Balaban J connectivity index is 1.23. The van der Waals surface area contributed by atoms with E-state index in [1.807, 2.05) is 49.4 Å². The van der Waals surface area contributed by atoms with Crippen LogP contribution in [0.3, 0.4) is 0 Å². The quantitative estimate of drug-likeness (QED) is 0.137. The van der Waals surface area contributed by atoms with Crippen molar-refractivity contribution in [3.8, 4) is 17.1 Å². The molecule has 0 amide bonds. The standard InChI is InChI=1S/C27H31N7O3/c1-3-13-33-20-8-5-4-7-19(20)30-23(33)9-6-15-36-22-11-10-18(16-17(22)2)25-31-26(37-32-25)24-21(35)12-14-34(24)27(28)29/h3-5,7-8,10-11,16,21,24,35H,1,6,9,12-15H2,2H3,(H3,28,29)/p+1/t21-,24-/m0/s1. The number of nitrogens with zero attached hydrogens (tertiary/aromatic N) is 5. The highest BCUT2D eigenvalue weighted by Gasteiger charge is 2.39. The average molecular weight is 503 g/mol. The highest BCUT2D eigenvalue weighted by Crippen LogP contribution is 2.30. The number of aliphatic hydroxyl groups excluding tert-OH is 1. The number of guanidine groups is 1. The summed E-state index contributed by atoms with van der Waals surface area (Å²) < 4.78 is 15.4. The highest BCUT2D eigenvalue weighted by molar-refractivity contribution is 5.76. The van der Waals surface area contributed by atoms with E-state index in [0.29, 0.717) is 25.4 Å². The number of aliphatic hydroxyl groups is 1. The van der Waals surface area contributed by atoms with Gasteiger partial charge in [0, 0.05) is 24.9 Å². The van der Waals surface area contributed by atoms with Gasteiger partial charge in [-0.3, -0.25) is 16.0 Å². The van der Waals surface area contributed by atoms with Crippen molar-refractivity contribution in [2.45, 2.75) is 44.9 Å². The number of ether oxygens (including phenoxy) is 1. The Bertz CT molecular complexity index is 1450. The Kier molecular flexibility index (Phi) is 6.91. The predicted octanol–water partition coefficient (Wildman–Crippen LogP) is 2.68. The molecule has 4 aromatic rings. The maximum Gasteiger partial charge on any atom is 0.341 e. The molecule has 10 nitrogen and oxygen atoms in total. The molecule has 2 aromatic carbocycles. The number of hydrogen-bond acceptors (Lipinski definition) is 6. The van der Waals surface area contributed by atoms with Gasteiger partial charge in [0.05, 0.1) is 30.3 Å². The van der Waals surface area contributed by atoms with Crippen LogP contribution in [0.5, 0.6) is 5.75 Å². The molecule has 10 heteroatoms. The predicted molar refractivity (Wildman–Crippen MR) is 140 cm³/mol. The van der Waals surface area contributed by atoms with Crippen LogP contribution in [-0.2, 0) is 13.0 Å². The van der Waals surface area contributed by atoms with Crippen molar-refractivity contribution in [1.29, 1.82) is 0 Å². The van der Waals surface area contributed by atoms with Crippen LogP contribution in [0.15, 0.2) is 59.6 Å². The summed E-state index contributed by atoms with van der Waals surface area (Å²) in [6, 6.07) is 13.4. The molecule has 2 atom stereocenters. The Labute approximate surface area is 214 Å². The lowest BCUT2D eigenvalue weighted by molar-refractivity contribution is -0.560. The van der Waals surface area contributed by atoms with Gasteiger partial charge in [-0.2, -0.15) is 4.98 Å². The van der Waals surface area contributed by atoms with Crippen LogP contribution in [0.25, 0.3) is 22.4 Å². The first-order valence-electron chi connectivity index (χ1n) is 12.4. The van der Waals surface area contributed by atoms with Gasteiger partial charge in [0.2, 0.25) is 5.82 Å². The van der Waals surface area contributed by atoms with Gasteiger partial charge in [-0.15, -0.1) is 6.58 Å². The first-order chi connectivity index (χ1) is 18.0. The van der Waals surface area contributed by atoms with E-state index in [0.717, 1.165) is 53.1 Å². The van der Waals surface area contributed by atoms with Gasteiger partial charge in [0.25, 0.3) is 5.89 Å². The van der Waals surface area contributed by atoms with Crippen LogP contribution in [-0.4, -0.2) is 54.6 Å². The van der Waals surface area contributed by atoms with Crippen LogP contribution in [0.2, 0.25) is 0 Å². The van der Waals surface area contributed by atoms with Gasteiger partial charge in [-0.1, -0.05) is 23.4 Å². The smallest absolute Gasteiger partial charge is 0.341 e. The molecule has 5 N–H and O–H groups in total. The van der Waals surface area contributed by atoms with Gasteiger partial charge in [-0.25, -0.2) is 4.98 Å². The van der Waals surface area contributed by atoms with E-state index in [9.17, 15) is 5.11 Å². The van der Waals surface area contributed by atoms with Crippen LogP contribution >= 0.6 is 0 Å². The zero-order valence-corrected chi connectivity index (χ0v) is 20.9. The number of aromatic nitrogens is 4. The average Bonchev–Trinajstić information content (AvgIpc) is 3.60. The molecule has 0 aliphatic carbocycles. The third kappa shape index (κ3) is 4.92. The summed E-state index contributed by atoms with van der Waals surface area (Å²) in [6.07, 6.45) is 3.38. The Morgan fingerprint density at radius 2 is 2.11 bits per heavy atom. The van der Waals surface area contributed by atoms with Crippen molar-refractivity contribution in [1.82, 2.24) is 19.7 Å². The second-order valence-electron chi connectivity index (χ2n) is 9.22. The molecule has 0 saturated carbocycles. The second kappa shape index (κ2) is 10.4. The van der Waals surface area contributed by atoms with Crippen LogP contribution in [0.1, 0.15) is 36.2 Å². The minimum absolute atomic E-state index is 0.122. The van der Waals surface area contributed by atoms with E-state index in [-0.39, 0.29) is 11.9 Å². The van der Waals surface area contributed by atoms with Gasteiger partial charge in [-0.05, 0) is 49.2 Å². The molecule has 0 bridgehead atoms. The van der Waals surface area contributed by atoms with Crippen molar-refractivity contribution < 1.29 is 18.9 Å². The summed E-state index contributed by atoms with van der Waals surface area (Å²) >= 11 is 0. The fraction of sp³-hybridized carbons (Fsp3) is 0.333. The summed E-state index contributed by atoms with van der Waals surface area (Å²) in [5, 5.41) is 14.5. The summed E-state index contributed by atoms with van der Waals surface area (Å²) in [7, 11) is 0. The molecule has 2 aromatic heterocycles. The molecule has 1 saturated heterocycles. The molecule has 37 heavy (non-hydrogen) atoms. The van der Waals surface area contributed by atoms with E-state index in [1.165, 1.54) is 0 Å². The number of benzene rings is 2. The van der Waals surface area contributed by atoms with E-state index < -0.39 is 12.1 Å². The molecular formula is C27H32N7O3+. The molecule has 1 aliphatic rings. The normalized spacial score (nSPS) is 17.4. The topological polar surface area (TPSA) is 141 Å². The van der Waals surface area contributed by atoms with Gasteiger partial charge in [0.15, 0.2) is 6.04 Å². The molecule has 192 valence electrons. The molecule has 0 spiro atoms. The first kappa shape index (κ1) is 24.5. The monoisotopic (exact) mass is 502 g/mol. The van der Waals surface area contributed by atoms with Gasteiger partial charge in [0.1, 0.15) is 11.6 Å². The number of hydrogen-bond donors (Lipinski definition) is 3. The Morgan fingerprint density at radius 1 is 1.27 bits per heavy atom. The van der Waals surface area contributed by atoms with Crippen molar-refractivity contribution in [2.24, 2.45) is 11.5 Å². The number of aryl methyl sites for hydroxylation is 2. The Morgan fingerprint density at radius 3 is 2.89 bits per heavy atom. The number of imidazole rings is 1. The second-order valence-corrected chi connectivity index (χ2v) is 9.22. The number of fused-ring (bicyclic) bond motifs is 1. The molecule has 3 heterocycles. The number of rotatable bonds is 9. The Hall–Kier alpha value is -4.18. The SMILES string of the molecule is C=CCn1c(CCCOc2ccc(-c3noc([C@@H]4[C@@H](O)CC[N+]4=C(N)N)n3)cc2C)nc2ccccc21. The molecular weight excluding hydrogens is 470 g/mol. The zero-order chi connectivity index (χ0) is 25.9. The number of allylic oxidation sites excluding steroid dienone is 1. The molecule has 0 radical (unpaired) electrons. The zero-order valence-electron chi connectivity index (χ0n) is 20.9. The molecule has 0 unspecified atom stereocenters. The third-order valence-corrected chi connectivity index (χ3v) is 6.67. The fourth-order valence-corrected chi connectivity index (χ4v) is 4.85. The van der Waals surface area contributed by atoms with Crippen LogP contribution < -0.4 is 16.2 Å². The summed E-state index contributed by atoms with van der Waals surface area (Å²) in [4.78, 5) is 9.30. The number of nitrogens with two attached hydrogens (primary N) is 2. The lowest BCUT2D eigenvalue weighted by atomic mass is 10.1. The fourth-order valence-electron chi connectivity index (χ4n) is 4.85. The van der Waals surface area contributed by atoms with Gasteiger partial charge >= 0.3 is 5.96 Å². The summed E-state index contributed by atoms with van der Waals surface area (Å²) in [5.74, 6) is 2.67. The molecule has 1 fully saturated rings. The van der Waals surface area contributed by atoms with E-state index in [4.69, 9.17) is 25.7 Å². The maximum absolute atomic E-state index is 10.4. The molecule has 5 rings (SSSR count). The third-order valence-electron chi connectivity index (χ3n) is 6.67. The minimum atomic E-state index is -0.680. The molecule has 1 aliphatic heterocycles. The first-order valence-corrected chi connectivity index (χ1v) is 12.4. The number of para-hydroxylation sites is 2. The van der Waals surface area contributed by atoms with E-state index >= 15 is 0 Å². The van der Waals surface area contributed by atoms with Crippen LogP contribution in [0.4, 0.5) is 0 Å². The highest BCUT2D eigenvalue weighted by atomic mass is 16.5. The summed E-state index contributed by atoms with van der Waals surface area (Å²) in [6.45, 7) is 7.69. The van der Waals surface area contributed by atoms with E-state index in [2.05, 4.69) is 27.4 Å². The lowest BCUT2D eigenvalue weighted by Crippen LogP contribution is -2.37. The largest absolute Gasteiger partial charge is 0.493 e. The summed E-state index contributed by atoms with van der Waals surface area (Å²) in [5.41, 5.74) is 15.4. The maximum atomic E-state index is 10.4. The minimum Gasteiger partial charge on any atom is -0.493 e. The van der Waals surface area contributed by atoms with Crippen molar-refractivity contribution >= 4 is 17.0 Å². The van der Waals surface area contributed by atoms with Crippen molar-refractivity contribution in [3.05, 3.63) is 72.4 Å². The lowest BCUT2D eigenvalue weighted by Gasteiger charge is -2.11. The van der Waals surface area contributed by atoms with Crippen molar-refractivity contribution in [2.75, 3.05) is 13.2 Å².